The van der Waals surface area contributed by atoms with Crippen molar-refractivity contribution < 1.29 is 9.59 Å². The van der Waals surface area contributed by atoms with E-state index in [1.165, 1.54) is 5.56 Å². The number of hydrogen-bond donors (Lipinski definition) is 1. The smallest absolute Gasteiger partial charge is 0.236 e. The molecule has 2 rings (SSSR count). The zero-order valence-electron chi connectivity index (χ0n) is 16.0. The zero-order valence-corrected chi connectivity index (χ0v) is 16.8. The molecule has 0 atom stereocenters. The number of amides is 2. The third-order valence-electron chi connectivity index (χ3n) is 5.13. The molecule has 1 aromatic heterocycles. The Labute approximate surface area is 162 Å². The Balaban J connectivity index is 0.00000338. The van der Waals surface area contributed by atoms with Gasteiger partial charge in [0.25, 0.3) is 0 Å². The monoisotopic (exact) mass is 382 g/mol. The quantitative estimate of drug-likeness (QED) is 0.780. The molecule has 1 aromatic rings. The second-order valence-corrected chi connectivity index (χ2v) is 7.10. The van der Waals surface area contributed by atoms with Crippen LogP contribution in [-0.2, 0) is 16.0 Å². The number of nitrogens with zero attached hydrogens (tertiary/aromatic N) is 3. The fraction of sp³-hybridized carbons (Fsp3) is 0.632. The number of aryl methyl sites for hydroxylation is 1. The Morgan fingerprint density at radius 1 is 1.23 bits per heavy atom. The topological polar surface area (TPSA) is 65.5 Å². The predicted octanol–water partition coefficient (Wildman–Crippen LogP) is 1.74. The summed E-state index contributed by atoms with van der Waals surface area (Å²) in [6, 6.07) is 4.05. The molecule has 1 fully saturated rings. The number of likely N-dealkylation sites (tertiary alicyclic amines) is 1. The van der Waals surface area contributed by atoms with Crippen LogP contribution >= 0.6 is 12.4 Å². The van der Waals surface area contributed by atoms with Crippen LogP contribution in [0.25, 0.3) is 0 Å². The molecule has 2 amide bonds. The van der Waals surface area contributed by atoms with E-state index in [-0.39, 0.29) is 29.6 Å². The molecule has 0 aromatic carbocycles. The number of carbonyl (C=O) groups excluding carboxylic acids is 2. The van der Waals surface area contributed by atoms with Crippen molar-refractivity contribution in [2.45, 2.75) is 32.1 Å². The Kier molecular flexibility index (Phi) is 9.02. The van der Waals surface area contributed by atoms with Crippen LogP contribution in [0.2, 0.25) is 0 Å². The molecule has 0 saturated carbocycles. The zero-order chi connectivity index (χ0) is 18.3. The summed E-state index contributed by atoms with van der Waals surface area (Å²) in [5.41, 5.74) is 0.913. The molecule has 0 radical (unpaired) electrons. The van der Waals surface area contributed by atoms with E-state index in [0.29, 0.717) is 19.6 Å². The van der Waals surface area contributed by atoms with Gasteiger partial charge in [-0.3, -0.25) is 14.6 Å². The minimum absolute atomic E-state index is 0. The largest absolute Gasteiger partial charge is 0.348 e. The first-order valence-electron chi connectivity index (χ1n) is 9.01. The van der Waals surface area contributed by atoms with Gasteiger partial charge >= 0.3 is 0 Å². The highest BCUT2D eigenvalue weighted by Crippen LogP contribution is 2.38. The number of hydrogen-bond acceptors (Lipinski definition) is 4. The minimum Gasteiger partial charge on any atom is -0.348 e. The van der Waals surface area contributed by atoms with Gasteiger partial charge in [-0.15, -0.1) is 12.4 Å². The van der Waals surface area contributed by atoms with Gasteiger partial charge in [0.2, 0.25) is 11.8 Å². The standard InChI is InChI=1S/C19H30N4O2.ClH/c1-20-15-17(24)23-13-9-19(10-14-23,18(25)22(2)3)8-4-5-16-6-11-21-12-7-16;/h6-7,11-12,20H,4-5,8-10,13-15H2,1-3H3;1H. The second-order valence-electron chi connectivity index (χ2n) is 7.10. The van der Waals surface area contributed by atoms with Crippen LogP contribution in [0.4, 0.5) is 0 Å². The summed E-state index contributed by atoms with van der Waals surface area (Å²) >= 11 is 0. The van der Waals surface area contributed by atoms with Crippen molar-refractivity contribution in [1.29, 1.82) is 0 Å². The normalized spacial score (nSPS) is 15.9. The lowest BCUT2D eigenvalue weighted by Crippen LogP contribution is -2.51. The first kappa shape index (κ1) is 22.4. The summed E-state index contributed by atoms with van der Waals surface area (Å²) < 4.78 is 0. The fourth-order valence-electron chi connectivity index (χ4n) is 3.67. The summed E-state index contributed by atoms with van der Waals surface area (Å²) in [5, 5.41) is 2.91. The molecule has 2 heterocycles. The summed E-state index contributed by atoms with van der Waals surface area (Å²) in [4.78, 5) is 32.6. The van der Waals surface area contributed by atoms with E-state index in [1.807, 2.05) is 43.5 Å². The van der Waals surface area contributed by atoms with Gasteiger partial charge < -0.3 is 15.1 Å². The number of halogens is 1. The summed E-state index contributed by atoms with van der Waals surface area (Å²) in [6.45, 7) is 1.68. The molecule has 7 heteroatoms. The number of carbonyl (C=O) groups is 2. The number of pyridine rings is 1. The predicted molar refractivity (Wildman–Crippen MR) is 105 cm³/mol. The molecule has 146 valence electrons. The summed E-state index contributed by atoms with van der Waals surface area (Å²) in [7, 11) is 5.43. The van der Waals surface area contributed by atoms with Crippen LogP contribution in [0.3, 0.4) is 0 Å². The molecule has 0 bridgehead atoms. The molecule has 0 spiro atoms. The lowest BCUT2D eigenvalue weighted by molar-refractivity contribution is -0.146. The van der Waals surface area contributed by atoms with Gasteiger partial charge in [0, 0.05) is 39.6 Å². The molecule has 1 saturated heterocycles. The highest BCUT2D eigenvalue weighted by Gasteiger charge is 2.42. The summed E-state index contributed by atoms with van der Waals surface area (Å²) in [5.74, 6) is 0.313. The lowest BCUT2D eigenvalue weighted by atomic mass is 9.73. The Hall–Kier alpha value is -1.66. The molecule has 1 aliphatic heterocycles. The molecule has 6 nitrogen and oxygen atoms in total. The average Bonchev–Trinajstić information content (AvgIpc) is 2.62. The van der Waals surface area contributed by atoms with Gasteiger partial charge in [-0.25, -0.2) is 0 Å². The van der Waals surface area contributed by atoms with Crippen LogP contribution in [0, 0.1) is 5.41 Å². The van der Waals surface area contributed by atoms with Crippen LogP contribution in [0.5, 0.6) is 0 Å². The van der Waals surface area contributed by atoms with Crippen LogP contribution in [-0.4, -0.2) is 67.4 Å². The molecular weight excluding hydrogens is 352 g/mol. The van der Waals surface area contributed by atoms with E-state index in [1.54, 1.807) is 11.9 Å². The number of likely N-dealkylation sites (N-methyl/N-ethyl adjacent to an activating group) is 1. The highest BCUT2D eigenvalue weighted by molar-refractivity contribution is 5.85. The number of aromatic nitrogens is 1. The van der Waals surface area contributed by atoms with Crippen molar-refractivity contribution in [2.75, 3.05) is 40.8 Å². The number of piperidine rings is 1. The van der Waals surface area contributed by atoms with Gasteiger partial charge in [-0.1, -0.05) is 0 Å². The SMILES string of the molecule is CNCC(=O)N1CCC(CCCc2ccncc2)(C(=O)N(C)C)CC1.Cl. The first-order chi connectivity index (χ1) is 12.0. The molecule has 1 N–H and O–H groups in total. The third-order valence-corrected chi connectivity index (χ3v) is 5.13. The average molecular weight is 383 g/mol. The van der Waals surface area contributed by atoms with Crippen molar-refractivity contribution in [2.24, 2.45) is 5.41 Å². The van der Waals surface area contributed by atoms with E-state index < -0.39 is 0 Å². The third kappa shape index (κ3) is 5.68. The van der Waals surface area contributed by atoms with Gasteiger partial charge in [0.05, 0.1) is 12.0 Å². The van der Waals surface area contributed by atoms with Crippen molar-refractivity contribution in [3.8, 4) is 0 Å². The fourth-order valence-corrected chi connectivity index (χ4v) is 3.67. The molecule has 0 unspecified atom stereocenters. The van der Waals surface area contributed by atoms with E-state index in [2.05, 4.69) is 10.3 Å². The van der Waals surface area contributed by atoms with Crippen LogP contribution < -0.4 is 5.32 Å². The molecule has 0 aliphatic carbocycles. The first-order valence-corrected chi connectivity index (χ1v) is 9.01. The van der Waals surface area contributed by atoms with Gasteiger partial charge in [-0.05, 0) is 56.8 Å². The van der Waals surface area contributed by atoms with Gasteiger partial charge in [0.15, 0.2) is 0 Å². The number of nitrogens with one attached hydrogen (secondary N) is 1. The van der Waals surface area contributed by atoms with Crippen molar-refractivity contribution in [3.05, 3.63) is 30.1 Å². The lowest BCUT2D eigenvalue weighted by Gasteiger charge is -2.42. The Morgan fingerprint density at radius 2 is 1.85 bits per heavy atom. The van der Waals surface area contributed by atoms with Gasteiger partial charge in [-0.2, -0.15) is 0 Å². The van der Waals surface area contributed by atoms with Crippen LogP contribution in [0.1, 0.15) is 31.2 Å². The maximum Gasteiger partial charge on any atom is 0.236 e. The molecular formula is C19H31ClN4O2. The van der Waals surface area contributed by atoms with E-state index in [4.69, 9.17) is 0 Å². The Bertz CT molecular complexity index is 572. The molecule has 1 aliphatic rings. The van der Waals surface area contributed by atoms with E-state index in [0.717, 1.165) is 32.1 Å². The van der Waals surface area contributed by atoms with Crippen molar-refractivity contribution in [3.63, 3.8) is 0 Å². The maximum absolute atomic E-state index is 12.9. The van der Waals surface area contributed by atoms with Crippen LogP contribution in [0.15, 0.2) is 24.5 Å². The van der Waals surface area contributed by atoms with E-state index in [9.17, 15) is 9.59 Å². The molecule has 26 heavy (non-hydrogen) atoms. The highest BCUT2D eigenvalue weighted by atomic mass is 35.5. The number of rotatable bonds is 7. The minimum atomic E-state index is -0.340. The maximum atomic E-state index is 12.9. The van der Waals surface area contributed by atoms with Gasteiger partial charge in [0.1, 0.15) is 0 Å². The van der Waals surface area contributed by atoms with Crippen molar-refractivity contribution >= 4 is 24.2 Å². The van der Waals surface area contributed by atoms with Crippen molar-refractivity contribution in [1.82, 2.24) is 20.1 Å². The Morgan fingerprint density at radius 3 is 2.38 bits per heavy atom. The summed E-state index contributed by atoms with van der Waals surface area (Å²) in [6.07, 6.45) is 7.89. The second kappa shape index (κ2) is 10.5. The van der Waals surface area contributed by atoms with E-state index >= 15 is 0 Å².